The molecule has 5 nitrogen and oxygen atoms in total. The van der Waals surface area contributed by atoms with E-state index in [4.69, 9.17) is 9.84 Å². The van der Waals surface area contributed by atoms with Crippen LogP contribution in [0.2, 0.25) is 0 Å². The van der Waals surface area contributed by atoms with E-state index in [0.29, 0.717) is 13.1 Å². The van der Waals surface area contributed by atoms with Gasteiger partial charge in [0.25, 0.3) is 0 Å². The summed E-state index contributed by atoms with van der Waals surface area (Å²) in [6.45, 7) is 1.72. The SMILES string of the molecule is COCCCCCNC(=O)NCCO. The lowest BCUT2D eigenvalue weighted by Gasteiger charge is -2.05. The number of methoxy groups -OCH3 is 1. The van der Waals surface area contributed by atoms with Gasteiger partial charge in [0.05, 0.1) is 6.61 Å². The molecule has 0 rings (SSSR count). The number of urea groups is 1. The van der Waals surface area contributed by atoms with Crippen LogP contribution in [-0.2, 0) is 4.74 Å². The number of hydrogen-bond acceptors (Lipinski definition) is 3. The van der Waals surface area contributed by atoms with Gasteiger partial charge in [0.1, 0.15) is 0 Å². The molecule has 0 atom stereocenters. The predicted molar refractivity (Wildman–Crippen MR) is 54.2 cm³/mol. The van der Waals surface area contributed by atoms with Crippen molar-refractivity contribution >= 4 is 6.03 Å². The minimum Gasteiger partial charge on any atom is -0.395 e. The molecule has 0 radical (unpaired) electrons. The Labute approximate surface area is 84.8 Å². The van der Waals surface area contributed by atoms with Crippen molar-refractivity contribution in [1.82, 2.24) is 10.6 Å². The molecule has 0 aliphatic carbocycles. The predicted octanol–water partition coefficient (Wildman–Crippen LogP) is 0.0946. The smallest absolute Gasteiger partial charge is 0.314 e. The number of aliphatic hydroxyl groups is 1. The number of unbranched alkanes of at least 4 members (excludes halogenated alkanes) is 2. The quantitative estimate of drug-likeness (QED) is 0.491. The fraction of sp³-hybridized carbons (Fsp3) is 0.889. The zero-order chi connectivity index (χ0) is 10.6. The van der Waals surface area contributed by atoms with Gasteiger partial charge in [0.15, 0.2) is 0 Å². The summed E-state index contributed by atoms with van der Waals surface area (Å²) in [6.07, 6.45) is 3.03. The zero-order valence-corrected chi connectivity index (χ0v) is 8.71. The van der Waals surface area contributed by atoms with Crippen molar-refractivity contribution < 1.29 is 14.6 Å². The van der Waals surface area contributed by atoms with Crippen molar-refractivity contribution in [3.05, 3.63) is 0 Å². The second kappa shape index (κ2) is 10.3. The van der Waals surface area contributed by atoms with Crippen molar-refractivity contribution in [1.29, 1.82) is 0 Å². The van der Waals surface area contributed by atoms with Crippen LogP contribution in [0.25, 0.3) is 0 Å². The third kappa shape index (κ3) is 9.28. The average molecular weight is 204 g/mol. The number of carbonyl (C=O) groups excluding carboxylic acids is 1. The molecule has 0 saturated heterocycles. The molecule has 0 aromatic carbocycles. The van der Waals surface area contributed by atoms with E-state index in [9.17, 15) is 4.79 Å². The number of ether oxygens (including phenoxy) is 1. The average Bonchev–Trinajstić information content (AvgIpc) is 2.20. The van der Waals surface area contributed by atoms with Gasteiger partial charge < -0.3 is 20.5 Å². The van der Waals surface area contributed by atoms with Crippen molar-refractivity contribution in [2.24, 2.45) is 0 Å². The van der Waals surface area contributed by atoms with Crippen LogP contribution in [0.15, 0.2) is 0 Å². The largest absolute Gasteiger partial charge is 0.395 e. The van der Waals surface area contributed by atoms with Crippen LogP contribution in [0.5, 0.6) is 0 Å². The molecule has 0 saturated carbocycles. The Balaban J connectivity index is 3.07. The molecule has 3 N–H and O–H groups in total. The topological polar surface area (TPSA) is 70.6 Å². The molecule has 0 aromatic heterocycles. The van der Waals surface area contributed by atoms with Gasteiger partial charge in [-0.1, -0.05) is 0 Å². The first kappa shape index (κ1) is 13.2. The normalized spacial score (nSPS) is 9.86. The van der Waals surface area contributed by atoms with Crippen LogP contribution >= 0.6 is 0 Å². The fourth-order valence-electron chi connectivity index (χ4n) is 0.982. The minimum absolute atomic E-state index is 0.0265. The lowest BCUT2D eigenvalue weighted by atomic mass is 10.2. The molecular formula is C9H20N2O3. The first-order valence-corrected chi connectivity index (χ1v) is 4.92. The van der Waals surface area contributed by atoms with Gasteiger partial charge in [-0.05, 0) is 19.3 Å². The molecule has 0 aliphatic rings. The molecule has 0 bridgehead atoms. The highest BCUT2D eigenvalue weighted by atomic mass is 16.5. The molecule has 5 heteroatoms. The number of amides is 2. The van der Waals surface area contributed by atoms with Crippen molar-refractivity contribution in [2.75, 3.05) is 33.4 Å². The molecular weight excluding hydrogens is 184 g/mol. The van der Waals surface area contributed by atoms with Gasteiger partial charge in [-0.2, -0.15) is 0 Å². The third-order valence-electron chi connectivity index (χ3n) is 1.71. The van der Waals surface area contributed by atoms with E-state index in [1.54, 1.807) is 7.11 Å². The Morgan fingerprint density at radius 1 is 1.21 bits per heavy atom. The summed E-state index contributed by atoms with van der Waals surface area (Å²) in [5, 5.41) is 13.6. The summed E-state index contributed by atoms with van der Waals surface area (Å²) in [4.78, 5) is 10.9. The summed E-state index contributed by atoms with van der Waals surface area (Å²) in [5.41, 5.74) is 0. The van der Waals surface area contributed by atoms with Crippen molar-refractivity contribution in [2.45, 2.75) is 19.3 Å². The molecule has 84 valence electrons. The molecule has 0 aromatic rings. The van der Waals surface area contributed by atoms with Gasteiger partial charge >= 0.3 is 6.03 Å². The second-order valence-corrected chi connectivity index (χ2v) is 2.96. The van der Waals surface area contributed by atoms with E-state index >= 15 is 0 Å². The van der Waals surface area contributed by atoms with E-state index in [1.165, 1.54) is 0 Å². The van der Waals surface area contributed by atoms with Crippen LogP contribution in [-0.4, -0.2) is 44.6 Å². The standard InChI is InChI=1S/C9H20N2O3/c1-14-8-4-2-3-5-10-9(13)11-6-7-12/h12H,2-8H2,1H3,(H2,10,11,13). The molecule has 2 amide bonds. The molecule has 14 heavy (non-hydrogen) atoms. The van der Waals surface area contributed by atoms with E-state index < -0.39 is 0 Å². The highest BCUT2D eigenvalue weighted by Crippen LogP contribution is 1.93. The number of rotatable bonds is 8. The maximum absolute atomic E-state index is 10.9. The Bertz CT molecular complexity index is 142. The number of nitrogens with one attached hydrogen (secondary N) is 2. The van der Waals surface area contributed by atoms with Crippen molar-refractivity contribution in [3.63, 3.8) is 0 Å². The van der Waals surface area contributed by atoms with Gasteiger partial charge in [0.2, 0.25) is 0 Å². The molecule has 0 unspecified atom stereocenters. The zero-order valence-electron chi connectivity index (χ0n) is 8.71. The highest BCUT2D eigenvalue weighted by Gasteiger charge is 1.96. The van der Waals surface area contributed by atoms with Gasteiger partial charge in [-0.3, -0.25) is 0 Å². The minimum atomic E-state index is -0.217. The summed E-state index contributed by atoms with van der Waals surface area (Å²) in [7, 11) is 1.68. The Morgan fingerprint density at radius 3 is 2.57 bits per heavy atom. The van der Waals surface area contributed by atoms with E-state index in [1.807, 2.05) is 0 Å². The van der Waals surface area contributed by atoms with E-state index in [-0.39, 0.29) is 12.6 Å². The van der Waals surface area contributed by atoms with Gasteiger partial charge in [-0.25, -0.2) is 4.79 Å². The molecule has 0 heterocycles. The lowest BCUT2D eigenvalue weighted by Crippen LogP contribution is -2.37. The summed E-state index contributed by atoms with van der Waals surface area (Å²) in [5.74, 6) is 0. The molecule has 0 aliphatic heterocycles. The molecule has 0 spiro atoms. The highest BCUT2D eigenvalue weighted by molar-refractivity contribution is 5.73. The number of aliphatic hydroxyl groups excluding tert-OH is 1. The van der Waals surface area contributed by atoms with E-state index in [2.05, 4.69) is 10.6 Å². The third-order valence-corrected chi connectivity index (χ3v) is 1.71. The van der Waals surface area contributed by atoms with Crippen molar-refractivity contribution in [3.8, 4) is 0 Å². The molecule has 0 fully saturated rings. The second-order valence-electron chi connectivity index (χ2n) is 2.96. The van der Waals surface area contributed by atoms with Crippen LogP contribution in [0, 0.1) is 0 Å². The van der Waals surface area contributed by atoms with Crippen LogP contribution in [0.3, 0.4) is 0 Å². The Hall–Kier alpha value is -0.810. The summed E-state index contributed by atoms with van der Waals surface area (Å²) < 4.78 is 4.90. The fourth-order valence-corrected chi connectivity index (χ4v) is 0.982. The lowest BCUT2D eigenvalue weighted by molar-refractivity contribution is 0.192. The van der Waals surface area contributed by atoms with Crippen LogP contribution in [0.1, 0.15) is 19.3 Å². The Morgan fingerprint density at radius 2 is 1.93 bits per heavy atom. The number of carbonyl (C=O) groups is 1. The summed E-state index contributed by atoms with van der Waals surface area (Å²) >= 11 is 0. The maximum Gasteiger partial charge on any atom is 0.314 e. The number of hydrogen-bond donors (Lipinski definition) is 3. The van der Waals surface area contributed by atoms with Crippen LogP contribution in [0.4, 0.5) is 4.79 Å². The first-order valence-electron chi connectivity index (χ1n) is 4.92. The monoisotopic (exact) mass is 204 g/mol. The summed E-state index contributed by atoms with van der Waals surface area (Å²) in [6, 6.07) is -0.217. The van der Waals surface area contributed by atoms with Gasteiger partial charge in [-0.15, -0.1) is 0 Å². The first-order chi connectivity index (χ1) is 6.81. The van der Waals surface area contributed by atoms with Crippen LogP contribution < -0.4 is 10.6 Å². The van der Waals surface area contributed by atoms with E-state index in [0.717, 1.165) is 25.9 Å². The Kier molecular flexibility index (Phi) is 9.68. The van der Waals surface area contributed by atoms with Gasteiger partial charge in [0, 0.05) is 26.8 Å². The maximum atomic E-state index is 10.9.